The zero-order valence-corrected chi connectivity index (χ0v) is 21.7. The number of amides is 2. The van der Waals surface area contributed by atoms with Gasteiger partial charge in [0, 0.05) is 12.5 Å². The Morgan fingerprint density at radius 3 is 2.15 bits per heavy atom. The van der Waals surface area contributed by atoms with Gasteiger partial charge in [-0.2, -0.15) is 0 Å². The van der Waals surface area contributed by atoms with Crippen LogP contribution in [0.15, 0.2) is 78.9 Å². The molecule has 0 aliphatic carbocycles. The molecule has 0 aromatic heterocycles. The van der Waals surface area contributed by atoms with Crippen molar-refractivity contribution in [2.24, 2.45) is 11.8 Å². The van der Waals surface area contributed by atoms with Crippen LogP contribution in [-0.2, 0) is 30.3 Å². The molecule has 9 heteroatoms. The van der Waals surface area contributed by atoms with Gasteiger partial charge >= 0.3 is 11.9 Å². The van der Waals surface area contributed by atoms with E-state index in [0.29, 0.717) is 11.3 Å². The third kappa shape index (κ3) is 4.24. The molecule has 9 nitrogen and oxygen atoms in total. The molecule has 0 saturated carbocycles. The molecule has 2 amide bonds. The number of hydrogen-bond acceptors (Lipinski definition) is 8. The quantitative estimate of drug-likeness (QED) is 0.368. The molecule has 0 spiro atoms. The zero-order valence-electron chi connectivity index (χ0n) is 21.7. The molecule has 2 heterocycles. The highest BCUT2D eigenvalue weighted by Crippen LogP contribution is 2.51. The summed E-state index contributed by atoms with van der Waals surface area (Å²) in [7, 11) is 4.04. The third-order valence-electron chi connectivity index (χ3n) is 7.55. The number of rotatable bonds is 7. The minimum absolute atomic E-state index is 0.0716. The third-order valence-corrected chi connectivity index (χ3v) is 7.55. The van der Waals surface area contributed by atoms with E-state index in [1.165, 1.54) is 26.4 Å². The van der Waals surface area contributed by atoms with Crippen LogP contribution in [0.4, 0.5) is 5.69 Å². The molecule has 0 bridgehead atoms. The first-order chi connectivity index (χ1) is 18.9. The second-order valence-corrected chi connectivity index (χ2v) is 9.54. The number of fused-ring (bicyclic) bond motifs is 1. The number of carbonyl (C=O) groups is 4. The van der Waals surface area contributed by atoms with Crippen molar-refractivity contribution in [3.05, 3.63) is 95.6 Å². The van der Waals surface area contributed by atoms with E-state index in [9.17, 15) is 19.2 Å². The number of benzene rings is 3. The first kappa shape index (κ1) is 26.1. The van der Waals surface area contributed by atoms with Crippen LogP contribution >= 0.6 is 0 Å². The SMILES string of the molecule is COC(=O)c1ccccc1N1C(=O)[C@H]2[C@@H](c3ccc(OC)cc3)N[C@](Cc3ccccc3)(C(=O)OC)[C@@H]2C1=O. The molecule has 2 aliphatic heterocycles. The van der Waals surface area contributed by atoms with Crippen LogP contribution in [0.1, 0.15) is 27.5 Å². The maximum atomic E-state index is 14.2. The largest absolute Gasteiger partial charge is 0.497 e. The number of nitrogens with zero attached hydrogens (tertiary/aromatic N) is 1. The Hall–Kier alpha value is -4.50. The number of para-hydroxylation sites is 1. The highest BCUT2D eigenvalue weighted by atomic mass is 16.5. The lowest BCUT2D eigenvalue weighted by atomic mass is 9.76. The molecule has 200 valence electrons. The van der Waals surface area contributed by atoms with E-state index in [1.807, 2.05) is 30.3 Å². The molecule has 0 radical (unpaired) electrons. The monoisotopic (exact) mass is 528 g/mol. The standard InChI is InChI=1S/C30H28N2O7/c1-37-20-15-13-19(14-16-20)25-23-24(30(31-25,29(36)39-3)17-18-9-5-4-6-10-18)27(34)32(26(23)33)22-12-8-7-11-21(22)28(35)38-2/h4-16,23-25,31H,17H2,1-3H3/t23-,24+,25-,30+/m1/s1. The summed E-state index contributed by atoms with van der Waals surface area (Å²) in [6.07, 6.45) is 0.111. The van der Waals surface area contributed by atoms with Crippen LogP contribution in [0.2, 0.25) is 0 Å². The number of imide groups is 1. The Morgan fingerprint density at radius 2 is 1.51 bits per heavy atom. The molecular formula is C30H28N2O7. The molecule has 3 aromatic carbocycles. The molecular weight excluding hydrogens is 500 g/mol. The summed E-state index contributed by atoms with van der Waals surface area (Å²) in [6, 6.07) is 21.9. The van der Waals surface area contributed by atoms with Crippen molar-refractivity contribution in [1.29, 1.82) is 0 Å². The molecule has 39 heavy (non-hydrogen) atoms. The first-order valence-electron chi connectivity index (χ1n) is 12.5. The predicted molar refractivity (Wildman–Crippen MR) is 141 cm³/mol. The Bertz CT molecular complexity index is 1420. The minimum atomic E-state index is -1.55. The lowest BCUT2D eigenvalue weighted by molar-refractivity contribution is -0.152. The number of hydrogen-bond donors (Lipinski definition) is 1. The van der Waals surface area contributed by atoms with E-state index in [-0.39, 0.29) is 17.7 Å². The number of carbonyl (C=O) groups excluding carboxylic acids is 4. The Labute approximate surface area is 225 Å². The minimum Gasteiger partial charge on any atom is -0.497 e. The summed E-state index contributed by atoms with van der Waals surface area (Å²) in [5, 5.41) is 3.37. The van der Waals surface area contributed by atoms with Gasteiger partial charge < -0.3 is 14.2 Å². The molecule has 4 atom stereocenters. The summed E-state index contributed by atoms with van der Waals surface area (Å²) < 4.78 is 15.5. The van der Waals surface area contributed by atoms with Crippen LogP contribution in [0, 0.1) is 11.8 Å². The summed E-state index contributed by atoms with van der Waals surface area (Å²) in [5.74, 6) is -3.87. The molecule has 1 N–H and O–H groups in total. The van der Waals surface area contributed by atoms with Crippen molar-refractivity contribution < 1.29 is 33.4 Å². The van der Waals surface area contributed by atoms with Crippen molar-refractivity contribution in [2.45, 2.75) is 18.0 Å². The lowest BCUT2D eigenvalue weighted by Gasteiger charge is -2.33. The summed E-state index contributed by atoms with van der Waals surface area (Å²) in [4.78, 5) is 55.6. The molecule has 0 unspecified atom stereocenters. The van der Waals surface area contributed by atoms with Gasteiger partial charge in [-0.25, -0.2) is 9.69 Å². The fourth-order valence-corrected chi connectivity index (χ4v) is 5.81. The fraction of sp³-hybridized carbons (Fsp3) is 0.267. The van der Waals surface area contributed by atoms with Crippen LogP contribution in [0.5, 0.6) is 5.75 Å². The average molecular weight is 529 g/mol. The van der Waals surface area contributed by atoms with Crippen molar-refractivity contribution >= 4 is 29.4 Å². The van der Waals surface area contributed by atoms with Crippen LogP contribution < -0.4 is 15.0 Å². The molecule has 2 fully saturated rings. The van der Waals surface area contributed by atoms with Gasteiger partial charge in [-0.15, -0.1) is 0 Å². The van der Waals surface area contributed by atoms with Gasteiger partial charge in [0.1, 0.15) is 11.3 Å². The van der Waals surface area contributed by atoms with Gasteiger partial charge in [0.25, 0.3) is 0 Å². The second kappa shape index (κ2) is 10.3. The molecule has 2 saturated heterocycles. The highest BCUT2D eigenvalue weighted by molar-refractivity contribution is 6.25. The smallest absolute Gasteiger partial charge is 0.339 e. The molecule has 5 rings (SSSR count). The highest BCUT2D eigenvalue weighted by Gasteiger charge is 2.69. The van der Waals surface area contributed by atoms with Crippen molar-refractivity contribution in [1.82, 2.24) is 5.32 Å². The lowest BCUT2D eigenvalue weighted by Crippen LogP contribution is -2.58. The number of anilines is 1. The van der Waals surface area contributed by atoms with Crippen LogP contribution in [0.25, 0.3) is 0 Å². The number of nitrogens with one attached hydrogen (secondary N) is 1. The Kier molecular flexibility index (Phi) is 6.93. The maximum Gasteiger partial charge on any atom is 0.339 e. The van der Waals surface area contributed by atoms with Gasteiger partial charge in [-0.3, -0.25) is 19.7 Å². The van der Waals surface area contributed by atoms with Crippen molar-refractivity contribution in [2.75, 3.05) is 26.2 Å². The number of methoxy groups -OCH3 is 3. The first-order valence-corrected chi connectivity index (χ1v) is 12.5. The van der Waals surface area contributed by atoms with Gasteiger partial charge in [-0.1, -0.05) is 54.6 Å². The topological polar surface area (TPSA) is 111 Å². The summed E-state index contributed by atoms with van der Waals surface area (Å²) >= 11 is 0. The average Bonchev–Trinajstić information content (AvgIpc) is 3.45. The van der Waals surface area contributed by atoms with Gasteiger partial charge in [0.15, 0.2) is 0 Å². The van der Waals surface area contributed by atoms with Gasteiger partial charge in [-0.05, 0) is 35.4 Å². The normalized spacial score (nSPS) is 23.9. The number of esters is 2. The van der Waals surface area contributed by atoms with Crippen molar-refractivity contribution in [3.8, 4) is 5.75 Å². The van der Waals surface area contributed by atoms with E-state index in [1.54, 1.807) is 43.5 Å². The summed E-state index contributed by atoms with van der Waals surface area (Å²) in [6.45, 7) is 0. The molecule has 3 aromatic rings. The second-order valence-electron chi connectivity index (χ2n) is 9.54. The number of ether oxygens (including phenoxy) is 3. The van der Waals surface area contributed by atoms with Gasteiger partial charge in [0.2, 0.25) is 11.8 Å². The van der Waals surface area contributed by atoms with Crippen LogP contribution in [0.3, 0.4) is 0 Å². The Morgan fingerprint density at radius 1 is 0.846 bits per heavy atom. The maximum absolute atomic E-state index is 14.2. The summed E-state index contributed by atoms with van der Waals surface area (Å²) in [5.41, 5.74) is 0.128. The zero-order chi connectivity index (χ0) is 27.7. The van der Waals surface area contributed by atoms with E-state index in [2.05, 4.69) is 5.32 Å². The van der Waals surface area contributed by atoms with Crippen LogP contribution in [-0.4, -0.2) is 50.6 Å². The van der Waals surface area contributed by atoms with Gasteiger partial charge in [0.05, 0.1) is 44.4 Å². The predicted octanol–water partition coefficient (Wildman–Crippen LogP) is 3.09. The fourth-order valence-electron chi connectivity index (χ4n) is 5.81. The Balaban J connectivity index is 1.68. The van der Waals surface area contributed by atoms with E-state index >= 15 is 0 Å². The molecule has 2 aliphatic rings. The van der Waals surface area contributed by atoms with E-state index < -0.39 is 47.2 Å². The van der Waals surface area contributed by atoms with E-state index in [0.717, 1.165) is 10.5 Å². The van der Waals surface area contributed by atoms with E-state index in [4.69, 9.17) is 14.2 Å². The van der Waals surface area contributed by atoms with Crippen molar-refractivity contribution in [3.63, 3.8) is 0 Å².